The van der Waals surface area contributed by atoms with Crippen molar-refractivity contribution in [1.29, 1.82) is 0 Å². The molecule has 0 unspecified atom stereocenters. The van der Waals surface area contributed by atoms with Crippen LogP contribution < -0.4 is 25.5 Å². The van der Waals surface area contributed by atoms with E-state index in [-0.39, 0.29) is 17.5 Å². The smallest absolute Gasteiger partial charge is 0.264 e. The summed E-state index contributed by atoms with van der Waals surface area (Å²) >= 11 is 2.00. The summed E-state index contributed by atoms with van der Waals surface area (Å²) in [6.45, 7) is 16.7. The van der Waals surface area contributed by atoms with Gasteiger partial charge < -0.3 is 9.80 Å². The van der Waals surface area contributed by atoms with Gasteiger partial charge in [-0.2, -0.15) is 0 Å². The Hall–Kier alpha value is -4.28. The zero-order chi connectivity index (χ0) is 34.5. The molecule has 3 aliphatic rings. The molecule has 9 rings (SSSR count). The van der Waals surface area contributed by atoms with Gasteiger partial charge in [0.1, 0.15) is 0 Å². The topological polar surface area (TPSA) is 6.48 Å². The largest absolute Gasteiger partial charge is 0.311 e. The zero-order valence-electron chi connectivity index (χ0n) is 30.7. The molecule has 0 N–H and O–H groups in total. The Labute approximate surface area is 302 Å². The summed E-state index contributed by atoms with van der Waals surface area (Å²) in [6, 6.07) is 37.8. The second kappa shape index (κ2) is 11.4. The van der Waals surface area contributed by atoms with Crippen LogP contribution in [-0.2, 0) is 17.3 Å². The number of benzene rings is 5. The predicted octanol–water partition coefficient (Wildman–Crippen LogP) is 11.3. The van der Waals surface area contributed by atoms with Gasteiger partial charge in [-0.15, -0.1) is 11.3 Å². The molecule has 1 aliphatic carbocycles. The van der Waals surface area contributed by atoms with Crippen LogP contribution in [-0.4, -0.2) is 6.71 Å². The summed E-state index contributed by atoms with van der Waals surface area (Å²) in [7, 11) is 0. The highest BCUT2D eigenvalue weighted by Crippen LogP contribution is 2.51. The van der Waals surface area contributed by atoms with E-state index in [4.69, 9.17) is 0 Å². The Morgan fingerprint density at radius 2 is 1.42 bits per heavy atom. The number of rotatable bonds is 5. The standard InChI is InChI=1S/C46H47BN2S/c1-8-9-14-31-18-21-41-34(27-31)43-44(50-41)47-37-16-10-11-17-38(37)48(32-15-12-13-29(2)24-32)39-25-30(3)26-40(42(39)47)49(43)33-19-20-35-36(28-33)46(6,7)23-22-45(35,4)5/h10-13,15-21,24-28H,8-9,14,22-23H2,1-7H3. The minimum absolute atomic E-state index is 0.124. The second-order valence-electron chi connectivity index (χ2n) is 16.5. The van der Waals surface area contributed by atoms with Crippen molar-refractivity contribution in [3.63, 3.8) is 0 Å². The van der Waals surface area contributed by atoms with Gasteiger partial charge in [-0.05, 0) is 144 Å². The first kappa shape index (κ1) is 31.7. The lowest BCUT2D eigenvalue weighted by Crippen LogP contribution is -2.60. The van der Waals surface area contributed by atoms with Crippen LogP contribution in [0.1, 0.15) is 88.1 Å². The number of hydrogen-bond acceptors (Lipinski definition) is 3. The lowest BCUT2D eigenvalue weighted by Gasteiger charge is -2.45. The third kappa shape index (κ3) is 4.74. The number of hydrogen-bond donors (Lipinski definition) is 0. The highest BCUT2D eigenvalue weighted by molar-refractivity contribution is 7.33. The van der Waals surface area contributed by atoms with E-state index < -0.39 is 0 Å². The van der Waals surface area contributed by atoms with E-state index in [1.54, 1.807) is 0 Å². The van der Waals surface area contributed by atoms with Crippen LogP contribution in [0, 0.1) is 13.8 Å². The molecule has 250 valence electrons. The predicted molar refractivity (Wildman–Crippen MR) is 219 cm³/mol. The summed E-state index contributed by atoms with van der Waals surface area (Å²) in [6.07, 6.45) is 5.97. The molecular weight excluding hydrogens is 623 g/mol. The molecule has 6 aromatic rings. The maximum atomic E-state index is 2.67. The molecule has 1 aromatic heterocycles. The summed E-state index contributed by atoms with van der Waals surface area (Å²) in [5.74, 6) is 0. The van der Waals surface area contributed by atoms with E-state index in [2.05, 4.69) is 155 Å². The van der Waals surface area contributed by atoms with Gasteiger partial charge in [0.2, 0.25) is 0 Å². The molecular formula is C46H47BN2S. The first-order valence-corrected chi connectivity index (χ1v) is 19.5. The maximum Gasteiger partial charge on any atom is 0.264 e. The van der Waals surface area contributed by atoms with Gasteiger partial charge in [0.25, 0.3) is 6.71 Å². The van der Waals surface area contributed by atoms with Gasteiger partial charge >= 0.3 is 0 Å². The Kier molecular flexibility index (Phi) is 7.21. The Morgan fingerprint density at radius 1 is 0.680 bits per heavy atom. The Bertz CT molecular complexity index is 2330. The number of unbranched alkanes of at least 4 members (excludes halogenated alkanes) is 1. The number of fused-ring (bicyclic) bond motifs is 7. The van der Waals surface area contributed by atoms with Crippen LogP contribution >= 0.6 is 11.3 Å². The minimum atomic E-state index is 0.124. The molecule has 0 spiro atoms. The molecule has 5 aromatic carbocycles. The van der Waals surface area contributed by atoms with E-state index in [1.807, 2.05) is 11.3 Å². The first-order chi connectivity index (χ1) is 24.1. The van der Waals surface area contributed by atoms with E-state index >= 15 is 0 Å². The van der Waals surface area contributed by atoms with Gasteiger partial charge in [-0.3, -0.25) is 0 Å². The molecule has 50 heavy (non-hydrogen) atoms. The van der Waals surface area contributed by atoms with E-state index in [0.29, 0.717) is 0 Å². The number of aryl methyl sites for hydroxylation is 3. The molecule has 0 amide bonds. The van der Waals surface area contributed by atoms with Crippen molar-refractivity contribution < 1.29 is 0 Å². The van der Waals surface area contributed by atoms with Gasteiger partial charge in [-0.1, -0.05) is 83.5 Å². The number of nitrogens with zero attached hydrogens (tertiary/aromatic N) is 2. The molecule has 0 atom stereocenters. The lowest BCUT2D eigenvalue weighted by atomic mass is 9.36. The maximum absolute atomic E-state index is 2.67. The highest BCUT2D eigenvalue weighted by Gasteiger charge is 2.46. The van der Waals surface area contributed by atoms with Crippen LogP contribution in [0.3, 0.4) is 0 Å². The average Bonchev–Trinajstić information content (AvgIpc) is 3.47. The van der Waals surface area contributed by atoms with Crippen molar-refractivity contribution in [3.8, 4) is 0 Å². The van der Waals surface area contributed by atoms with Crippen molar-refractivity contribution >= 4 is 78.0 Å². The summed E-state index contributed by atoms with van der Waals surface area (Å²) < 4.78 is 2.84. The SMILES string of the molecule is CCCCc1ccc2sc3c(c2c1)N(c1ccc2c(c1)C(C)(C)CCC2(C)C)c1cc(C)cc2c1B3c1ccccc1N2c1cccc(C)c1. The molecule has 0 fully saturated rings. The highest BCUT2D eigenvalue weighted by atomic mass is 32.1. The van der Waals surface area contributed by atoms with Gasteiger partial charge in [-0.25, -0.2) is 0 Å². The summed E-state index contributed by atoms with van der Waals surface area (Å²) in [5, 5.41) is 1.39. The molecule has 2 aliphatic heterocycles. The molecule has 0 saturated carbocycles. The Morgan fingerprint density at radius 3 is 2.20 bits per heavy atom. The number of anilines is 6. The van der Waals surface area contributed by atoms with E-state index in [0.717, 1.165) is 6.42 Å². The van der Waals surface area contributed by atoms with Crippen LogP contribution in [0.25, 0.3) is 10.1 Å². The minimum Gasteiger partial charge on any atom is -0.311 e. The van der Waals surface area contributed by atoms with Crippen LogP contribution in [0.2, 0.25) is 0 Å². The molecule has 0 radical (unpaired) electrons. The van der Waals surface area contributed by atoms with E-state index in [9.17, 15) is 0 Å². The fraction of sp³-hybridized carbons (Fsp3) is 0.304. The van der Waals surface area contributed by atoms with Crippen LogP contribution in [0.5, 0.6) is 0 Å². The van der Waals surface area contributed by atoms with Gasteiger partial charge in [0.15, 0.2) is 0 Å². The molecule has 4 heteroatoms. The van der Waals surface area contributed by atoms with Crippen molar-refractivity contribution in [1.82, 2.24) is 0 Å². The summed E-state index contributed by atoms with van der Waals surface area (Å²) in [5.41, 5.74) is 17.9. The average molecular weight is 671 g/mol. The van der Waals surface area contributed by atoms with Crippen molar-refractivity contribution in [2.75, 3.05) is 9.80 Å². The molecule has 0 bridgehead atoms. The monoisotopic (exact) mass is 670 g/mol. The van der Waals surface area contributed by atoms with Crippen molar-refractivity contribution in [2.24, 2.45) is 0 Å². The Balaban J connectivity index is 1.37. The quantitative estimate of drug-likeness (QED) is 0.168. The third-order valence-electron chi connectivity index (χ3n) is 12.0. The molecule has 2 nitrogen and oxygen atoms in total. The fourth-order valence-corrected chi connectivity index (χ4v) is 10.5. The zero-order valence-corrected chi connectivity index (χ0v) is 31.5. The van der Waals surface area contributed by atoms with Crippen molar-refractivity contribution in [2.45, 2.75) is 91.4 Å². The fourth-order valence-electron chi connectivity index (χ4n) is 9.18. The van der Waals surface area contributed by atoms with Crippen LogP contribution in [0.15, 0.2) is 97.1 Å². The lowest BCUT2D eigenvalue weighted by molar-refractivity contribution is 0.332. The third-order valence-corrected chi connectivity index (χ3v) is 13.2. The van der Waals surface area contributed by atoms with Crippen molar-refractivity contribution in [3.05, 3.63) is 125 Å². The van der Waals surface area contributed by atoms with Gasteiger partial charge in [0, 0.05) is 43.3 Å². The molecule has 3 heterocycles. The normalized spacial score (nSPS) is 16.6. The number of thiophene rings is 1. The van der Waals surface area contributed by atoms with Gasteiger partial charge in [0.05, 0.1) is 5.69 Å². The number of para-hydroxylation sites is 1. The second-order valence-corrected chi connectivity index (χ2v) is 17.5. The van der Waals surface area contributed by atoms with E-state index in [1.165, 1.54) is 113 Å². The summed E-state index contributed by atoms with van der Waals surface area (Å²) in [4.78, 5) is 5.20. The first-order valence-electron chi connectivity index (χ1n) is 18.7. The molecule has 0 saturated heterocycles. The van der Waals surface area contributed by atoms with Crippen LogP contribution in [0.4, 0.5) is 34.1 Å².